The van der Waals surface area contributed by atoms with Crippen LogP contribution in [0.2, 0.25) is 0 Å². The van der Waals surface area contributed by atoms with E-state index >= 15 is 0 Å². The van der Waals surface area contributed by atoms with Gasteiger partial charge in [0, 0.05) is 42.9 Å². The number of hydrogen-bond acceptors (Lipinski definition) is 6. The van der Waals surface area contributed by atoms with Crippen molar-refractivity contribution >= 4 is 41.1 Å². The van der Waals surface area contributed by atoms with Gasteiger partial charge in [-0.1, -0.05) is 43.7 Å². The van der Waals surface area contributed by atoms with Gasteiger partial charge in [-0.15, -0.1) is 11.6 Å². The number of alkyl halides is 1. The molecule has 44 heavy (non-hydrogen) atoms. The Morgan fingerprint density at radius 1 is 0.977 bits per heavy atom. The van der Waals surface area contributed by atoms with E-state index in [-0.39, 0.29) is 47.5 Å². The number of amides is 3. The fourth-order valence-electron chi connectivity index (χ4n) is 8.41. The zero-order valence-corrected chi connectivity index (χ0v) is 27.4. The molecule has 0 aromatic rings. The second-order valence-corrected chi connectivity index (χ2v) is 15.0. The summed E-state index contributed by atoms with van der Waals surface area (Å²) in [6, 6.07) is -0.477. The van der Waals surface area contributed by atoms with Crippen LogP contribution in [0.25, 0.3) is 0 Å². The fraction of sp³-hybridized carbons (Fsp3) is 0.844. The molecule has 2 heterocycles. The summed E-state index contributed by atoms with van der Waals surface area (Å²) < 4.78 is 0. The number of carbonyl (C=O) groups excluding carboxylic acids is 2. The van der Waals surface area contributed by atoms with E-state index in [2.05, 4.69) is 21.3 Å². The van der Waals surface area contributed by atoms with E-state index in [1.165, 1.54) is 32.1 Å². The number of nitrogens with two attached hydrogens (primary N) is 1. The van der Waals surface area contributed by atoms with E-state index in [9.17, 15) is 14.4 Å². The van der Waals surface area contributed by atoms with E-state index < -0.39 is 18.3 Å². The van der Waals surface area contributed by atoms with Crippen molar-refractivity contribution < 1.29 is 19.5 Å². The lowest BCUT2D eigenvalue weighted by molar-refractivity contribution is -0.131. The van der Waals surface area contributed by atoms with Crippen molar-refractivity contribution in [2.75, 3.05) is 13.1 Å². The standard InChI is InChI=1S/C32H52Cl2N6O4/c33-23-9-12-25(35)21(16-23)8-13-27(41)37-26(17-28(42)40-15-14-22(18-40)19-4-2-1-3-5-19)31-38-29(30(34)39-31)20-6-10-24(11-7-20)36-32(43)44/h19-26,31,36,38-39H,1-18,35H2,(H,37,41)(H,43,44)/t20?,21?,22?,23?,24?,25?,26-,31?/m0/s1. The normalized spacial score (nSPS) is 33.8. The molecule has 5 unspecified atom stereocenters. The summed E-state index contributed by atoms with van der Waals surface area (Å²) in [6.45, 7) is 1.59. The summed E-state index contributed by atoms with van der Waals surface area (Å²) >= 11 is 13.1. The van der Waals surface area contributed by atoms with Crippen LogP contribution >= 0.6 is 23.2 Å². The summed E-state index contributed by atoms with van der Waals surface area (Å²) in [5, 5.41) is 22.3. The zero-order chi connectivity index (χ0) is 31.2. The maximum Gasteiger partial charge on any atom is 0.404 e. The van der Waals surface area contributed by atoms with Crippen LogP contribution in [0, 0.1) is 23.7 Å². The van der Waals surface area contributed by atoms with Gasteiger partial charge >= 0.3 is 6.09 Å². The molecule has 6 atom stereocenters. The van der Waals surface area contributed by atoms with Crippen molar-refractivity contribution in [2.45, 2.75) is 132 Å². The highest BCUT2D eigenvalue weighted by molar-refractivity contribution is 6.29. The number of halogens is 2. The topological polar surface area (TPSA) is 149 Å². The van der Waals surface area contributed by atoms with Gasteiger partial charge in [0.25, 0.3) is 0 Å². The molecule has 0 aromatic heterocycles. The first-order valence-electron chi connectivity index (χ1n) is 17.0. The van der Waals surface area contributed by atoms with Crippen molar-refractivity contribution in [1.29, 1.82) is 0 Å². The van der Waals surface area contributed by atoms with Crippen LogP contribution in [-0.4, -0.2) is 70.7 Å². The SMILES string of the molecule is NC1CCC(Cl)CC1CCC(=O)N[C@@H](CC(=O)N1CCC(C2CCCCC2)C1)C1NC(Cl)=C(C2CCC(NC(=O)O)CC2)N1. The summed E-state index contributed by atoms with van der Waals surface area (Å²) in [6.07, 6.45) is 13.0. The maximum atomic E-state index is 13.7. The van der Waals surface area contributed by atoms with Crippen molar-refractivity contribution in [3.05, 3.63) is 10.9 Å². The number of allylic oxidation sites excluding steroid dienone is 1. The molecule has 5 aliphatic rings. The average molecular weight is 656 g/mol. The Bertz CT molecular complexity index is 1050. The molecule has 0 bridgehead atoms. The molecule has 12 heteroatoms. The maximum absolute atomic E-state index is 13.7. The van der Waals surface area contributed by atoms with Gasteiger partial charge in [0.1, 0.15) is 11.3 Å². The van der Waals surface area contributed by atoms with Crippen LogP contribution in [0.3, 0.4) is 0 Å². The molecule has 0 aromatic carbocycles. The number of rotatable bonds is 10. The van der Waals surface area contributed by atoms with Gasteiger partial charge in [0.15, 0.2) is 0 Å². The number of carbonyl (C=O) groups is 3. The Morgan fingerprint density at radius 3 is 2.45 bits per heavy atom. The van der Waals surface area contributed by atoms with Gasteiger partial charge in [0.05, 0.1) is 18.2 Å². The third-order valence-corrected chi connectivity index (χ3v) is 11.8. The molecule has 4 fully saturated rings. The number of nitrogens with zero attached hydrogens (tertiary/aromatic N) is 1. The van der Waals surface area contributed by atoms with Crippen LogP contribution in [-0.2, 0) is 9.59 Å². The number of hydrogen-bond donors (Lipinski definition) is 6. The van der Waals surface area contributed by atoms with Crippen LogP contribution in [0.5, 0.6) is 0 Å². The second kappa shape index (κ2) is 15.6. The molecule has 0 radical (unpaired) electrons. The van der Waals surface area contributed by atoms with E-state index in [0.29, 0.717) is 23.9 Å². The van der Waals surface area contributed by atoms with Gasteiger partial charge in [-0.2, -0.15) is 0 Å². The minimum atomic E-state index is -0.995. The Hall–Kier alpha value is -1.91. The van der Waals surface area contributed by atoms with Gasteiger partial charge in [-0.3, -0.25) is 9.59 Å². The summed E-state index contributed by atoms with van der Waals surface area (Å²) in [5.74, 6) is 1.65. The Balaban J connectivity index is 1.19. The molecule has 1 saturated heterocycles. The minimum Gasteiger partial charge on any atom is -0.465 e. The first kappa shape index (κ1) is 33.5. The lowest BCUT2D eigenvalue weighted by Gasteiger charge is -2.32. The fourth-order valence-corrected chi connectivity index (χ4v) is 9.09. The molecular formula is C32H52Cl2N6O4. The van der Waals surface area contributed by atoms with Crippen molar-refractivity contribution in [2.24, 2.45) is 29.4 Å². The summed E-state index contributed by atoms with van der Waals surface area (Å²) in [5.41, 5.74) is 7.23. The third kappa shape index (κ3) is 8.87. The Kier molecular flexibility index (Phi) is 11.9. The summed E-state index contributed by atoms with van der Waals surface area (Å²) in [4.78, 5) is 40.1. The van der Waals surface area contributed by atoms with Gasteiger partial charge < -0.3 is 37.0 Å². The molecule has 3 aliphatic carbocycles. The molecule has 248 valence electrons. The highest BCUT2D eigenvalue weighted by Gasteiger charge is 2.38. The van der Waals surface area contributed by atoms with Crippen LogP contribution < -0.4 is 27.0 Å². The van der Waals surface area contributed by atoms with Crippen LogP contribution in [0.1, 0.15) is 103 Å². The number of likely N-dealkylation sites (tertiary alicyclic amines) is 1. The Morgan fingerprint density at radius 2 is 1.73 bits per heavy atom. The van der Waals surface area contributed by atoms with Crippen LogP contribution in [0.4, 0.5) is 4.79 Å². The molecule has 2 aliphatic heterocycles. The molecule has 5 rings (SSSR count). The first-order valence-corrected chi connectivity index (χ1v) is 17.9. The predicted molar refractivity (Wildman–Crippen MR) is 172 cm³/mol. The smallest absolute Gasteiger partial charge is 0.404 e. The third-order valence-electron chi connectivity index (χ3n) is 11.0. The van der Waals surface area contributed by atoms with Gasteiger partial charge in [0.2, 0.25) is 11.8 Å². The highest BCUT2D eigenvalue weighted by atomic mass is 35.5. The average Bonchev–Trinajstić information content (AvgIpc) is 3.65. The van der Waals surface area contributed by atoms with E-state index in [4.69, 9.17) is 34.0 Å². The molecule has 3 saturated carbocycles. The lowest BCUT2D eigenvalue weighted by Crippen LogP contribution is -2.55. The van der Waals surface area contributed by atoms with Crippen molar-refractivity contribution in [1.82, 2.24) is 26.2 Å². The number of nitrogens with one attached hydrogen (secondary N) is 4. The van der Waals surface area contributed by atoms with Gasteiger partial charge in [-0.05, 0) is 75.5 Å². The molecule has 7 N–H and O–H groups in total. The summed E-state index contributed by atoms with van der Waals surface area (Å²) in [7, 11) is 0. The largest absolute Gasteiger partial charge is 0.465 e. The predicted octanol–water partition coefficient (Wildman–Crippen LogP) is 4.56. The Labute approximate surface area is 272 Å². The van der Waals surface area contributed by atoms with E-state index in [1.54, 1.807) is 0 Å². The molecule has 3 amide bonds. The molecular weight excluding hydrogens is 603 g/mol. The van der Waals surface area contributed by atoms with Crippen LogP contribution in [0.15, 0.2) is 10.9 Å². The second-order valence-electron chi connectivity index (χ2n) is 14.0. The highest BCUT2D eigenvalue weighted by Crippen LogP contribution is 2.36. The van der Waals surface area contributed by atoms with Crippen molar-refractivity contribution in [3.8, 4) is 0 Å². The van der Waals surface area contributed by atoms with Crippen molar-refractivity contribution in [3.63, 3.8) is 0 Å². The molecule has 10 nitrogen and oxygen atoms in total. The minimum absolute atomic E-state index is 0.0535. The van der Waals surface area contributed by atoms with E-state index in [1.807, 2.05) is 4.90 Å². The van der Waals surface area contributed by atoms with E-state index in [0.717, 1.165) is 76.1 Å². The van der Waals surface area contributed by atoms with Gasteiger partial charge in [-0.25, -0.2) is 4.79 Å². The monoisotopic (exact) mass is 654 g/mol. The molecule has 0 spiro atoms. The zero-order valence-electron chi connectivity index (χ0n) is 25.9. The number of carboxylic acid groups (broad SMARTS) is 1. The quantitative estimate of drug-likeness (QED) is 0.149. The first-order chi connectivity index (χ1) is 21.2. The lowest BCUT2D eigenvalue weighted by atomic mass is 9.80.